The van der Waals surface area contributed by atoms with E-state index in [0.29, 0.717) is 0 Å². The molecule has 0 saturated carbocycles. The summed E-state index contributed by atoms with van der Waals surface area (Å²) in [4.78, 5) is 6.76. The topological polar surface area (TPSA) is 28.2 Å². The Balaban J connectivity index is 1.97. The van der Waals surface area contributed by atoms with Crippen molar-refractivity contribution in [2.24, 2.45) is 0 Å². The van der Waals surface area contributed by atoms with Gasteiger partial charge >= 0.3 is 0 Å². The molecule has 0 aliphatic carbocycles. The van der Waals surface area contributed by atoms with Crippen molar-refractivity contribution in [3.8, 4) is 0 Å². The van der Waals surface area contributed by atoms with Gasteiger partial charge < -0.3 is 10.2 Å². The van der Waals surface area contributed by atoms with Gasteiger partial charge in [0.15, 0.2) is 0 Å². The molecule has 1 heterocycles. The number of hydrogen-bond acceptors (Lipinski definition) is 3. The quantitative estimate of drug-likeness (QED) is 0.773. The lowest BCUT2D eigenvalue weighted by Gasteiger charge is -2.18. The summed E-state index contributed by atoms with van der Waals surface area (Å²) in [5, 5.41) is 4.70. The molecule has 2 rings (SSSR count). The van der Waals surface area contributed by atoms with Crippen LogP contribution in [0.2, 0.25) is 0 Å². The Labute approximate surface area is 115 Å². The van der Waals surface area contributed by atoms with E-state index in [1.807, 2.05) is 12.3 Å². The largest absolute Gasteiger partial charge is 0.315 e. The van der Waals surface area contributed by atoms with Crippen LogP contribution in [0.1, 0.15) is 18.9 Å². The number of likely N-dealkylation sites (N-methyl/N-ethyl adjacent to an activating group) is 1. The van der Waals surface area contributed by atoms with Gasteiger partial charge in [-0.05, 0) is 37.7 Å². The number of hydrogen-bond donors (Lipinski definition) is 1. The molecule has 0 amide bonds. The molecule has 1 N–H and O–H groups in total. The van der Waals surface area contributed by atoms with Gasteiger partial charge in [0, 0.05) is 31.2 Å². The average Bonchev–Trinajstić information content (AvgIpc) is 2.44. The predicted octanol–water partition coefficient (Wildman–Crippen LogP) is 2.67. The summed E-state index contributed by atoms with van der Waals surface area (Å²) < 4.78 is 0. The van der Waals surface area contributed by atoms with Gasteiger partial charge in [-0.1, -0.05) is 25.1 Å². The number of aromatic nitrogens is 1. The number of fused-ring (bicyclic) bond motifs is 1. The lowest BCUT2D eigenvalue weighted by atomic mass is 10.1. The van der Waals surface area contributed by atoms with E-state index < -0.39 is 0 Å². The van der Waals surface area contributed by atoms with Gasteiger partial charge in [0.2, 0.25) is 0 Å². The summed E-state index contributed by atoms with van der Waals surface area (Å²) in [6.07, 6.45) is 3.04. The van der Waals surface area contributed by atoms with Crippen molar-refractivity contribution in [2.75, 3.05) is 26.7 Å². The van der Waals surface area contributed by atoms with Crippen molar-refractivity contribution in [3.63, 3.8) is 0 Å². The maximum Gasteiger partial charge on any atom is 0.0705 e. The SMILES string of the molecule is CCCNCCN(C)Cc1cccc2ncccc12. The molecule has 0 aliphatic rings. The number of nitrogens with one attached hydrogen (secondary N) is 1. The zero-order valence-corrected chi connectivity index (χ0v) is 11.9. The average molecular weight is 257 g/mol. The fourth-order valence-corrected chi connectivity index (χ4v) is 2.25. The summed E-state index contributed by atoms with van der Waals surface area (Å²) in [6, 6.07) is 10.5. The normalized spacial score (nSPS) is 11.3. The van der Waals surface area contributed by atoms with Crippen LogP contribution in [0.15, 0.2) is 36.5 Å². The Hall–Kier alpha value is -1.45. The van der Waals surface area contributed by atoms with Gasteiger partial charge in [-0.2, -0.15) is 0 Å². The molecule has 0 bridgehead atoms. The first-order valence-electron chi connectivity index (χ1n) is 7.03. The minimum absolute atomic E-state index is 0.969. The number of nitrogens with zero attached hydrogens (tertiary/aromatic N) is 2. The van der Waals surface area contributed by atoms with Crippen LogP contribution in [-0.2, 0) is 6.54 Å². The van der Waals surface area contributed by atoms with Crippen molar-refractivity contribution in [1.29, 1.82) is 0 Å². The minimum Gasteiger partial charge on any atom is -0.315 e. The molecule has 3 heteroatoms. The van der Waals surface area contributed by atoms with E-state index in [1.54, 1.807) is 0 Å². The van der Waals surface area contributed by atoms with Crippen LogP contribution in [0.3, 0.4) is 0 Å². The van der Waals surface area contributed by atoms with E-state index in [4.69, 9.17) is 0 Å². The summed E-state index contributed by atoms with van der Waals surface area (Å²) in [6.45, 7) is 6.38. The monoisotopic (exact) mass is 257 g/mol. The molecule has 102 valence electrons. The van der Waals surface area contributed by atoms with E-state index in [9.17, 15) is 0 Å². The Bertz CT molecular complexity index is 505. The van der Waals surface area contributed by atoms with Gasteiger partial charge in [0.05, 0.1) is 5.52 Å². The highest BCUT2D eigenvalue weighted by molar-refractivity contribution is 5.81. The molecule has 1 aromatic heterocycles. The molecule has 0 aliphatic heterocycles. The second kappa shape index (κ2) is 7.22. The number of pyridine rings is 1. The third kappa shape index (κ3) is 4.01. The van der Waals surface area contributed by atoms with Gasteiger partial charge in [-0.25, -0.2) is 0 Å². The van der Waals surface area contributed by atoms with E-state index >= 15 is 0 Å². The first-order valence-corrected chi connectivity index (χ1v) is 7.03. The van der Waals surface area contributed by atoms with Crippen molar-refractivity contribution in [3.05, 3.63) is 42.1 Å². The van der Waals surface area contributed by atoms with Crippen LogP contribution in [0.4, 0.5) is 0 Å². The van der Waals surface area contributed by atoms with E-state index in [0.717, 1.165) is 31.7 Å². The van der Waals surface area contributed by atoms with E-state index in [2.05, 4.69) is 53.4 Å². The van der Waals surface area contributed by atoms with Crippen LogP contribution in [0.5, 0.6) is 0 Å². The number of benzene rings is 1. The summed E-state index contributed by atoms with van der Waals surface area (Å²) in [7, 11) is 2.17. The second-order valence-corrected chi connectivity index (χ2v) is 4.98. The Morgan fingerprint density at radius 2 is 2.05 bits per heavy atom. The van der Waals surface area contributed by atoms with Crippen molar-refractivity contribution in [1.82, 2.24) is 15.2 Å². The van der Waals surface area contributed by atoms with Gasteiger partial charge in [-0.3, -0.25) is 4.98 Å². The molecular weight excluding hydrogens is 234 g/mol. The molecule has 0 spiro atoms. The Morgan fingerprint density at radius 3 is 2.89 bits per heavy atom. The highest BCUT2D eigenvalue weighted by Gasteiger charge is 2.04. The first-order chi connectivity index (χ1) is 9.31. The predicted molar refractivity (Wildman–Crippen MR) is 81.2 cm³/mol. The van der Waals surface area contributed by atoms with E-state index in [1.165, 1.54) is 17.4 Å². The maximum absolute atomic E-state index is 4.40. The molecule has 2 aromatic rings. The van der Waals surface area contributed by atoms with Crippen LogP contribution in [0, 0.1) is 0 Å². The molecule has 1 aromatic carbocycles. The molecule has 19 heavy (non-hydrogen) atoms. The smallest absolute Gasteiger partial charge is 0.0705 e. The zero-order chi connectivity index (χ0) is 13.5. The molecule has 3 nitrogen and oxygen atoms in total. The second-order valence-electron chi connectivity index (χ2n) is 4.98. The fraction of sp³-hybridized carbons (Fsp3) is 0.438. The molecule has 0 saturated heterocycles. The number of rotatable bonds is 7. The van der Waals surface area contributed by atoms with Gasteiger partial charge in [0.25, 0.3) is 0 Å². The van der Waals surface area contributed by atoms with Crippen molar-refractivity contribution < 1.29 is 0 Å². The third-order valence-electron chi connectivity index (χ3n) is 3.27. The summed E-state index contributed by atoms with van der Waals surface area (Å²) in [5.74, 6) is 0. The Kier molecular flexibility index (Phi) is 5.31. The standard InChI is InChI=1S/C16H23N3/c1-3-9-17-11-12-19(2)13-14-6-4-8-16-15(14)7-5-10-18-16/h4-8,10,17H,3,9,11-13H2,1-2H3. The van der Waals surface area contributed by atoms with Gasteiger partial charge in [-0.15, -0.1) is 0 Å². The maximum atomic E-state index is 4.40. The molecular formula is C16H23N3. The van der Waals surface area contributed by atoms with Crippen molar-refractivity contribution in [2.45, 2.75) is 19.9 Å². The van der Waals surface area contributed by atoms with Crippen molar-refractivity contribution >= 4 is 10.9 Å². The molecule has 0 atom stereocenters. The minimum atomic E-state index is 0.969. The van der Waals surface area contributed by atoms with E-state index in [-0.39, 0.29) is 0 Å². The Morgan fingerprint density at radius 1 is 1.16 bits per heavy atom. The lowest BCUT2D eigenvalue weighted by Crippen LogP contribution is -2.29. The van der Waals surface area contributed by atoms with Crippen LogP contribution >= 0.6 is 0 Å². The lowest BCUT2D eigenvalue weighted by molar-refractivity contribution is 0.326. The van der Waals surface area contributed by atoms with Crippen LogP contribution in [-0.4, -0.2) is 36.6 Å². The first kappa shape index (κ1) is 14.0. The zero-order valence-electron chi connectivity index (χ0n) is 11.9. The summed E-state index contributed by atoms with van der Waals surface area (Å²) in [5.41, 5.74) is 2.43. The molecule has 0 unspecified atom stereocenters. The van der Waals surface area contributed by atoms with Gasteiger partial charge in [0.1, 0.15) is 0 Å². The fourth-order valence-electron chi connectivity index (χ4n) is 2.25. The molecule has 0 fully saturated rings. The van der Waals surface area contributed by atoms with Crippen LogP contribution in [0.25, 0.3) is 10.9 Å². The highest BCUT2D eigenvalue weighted by Crippen LogP contribution is 2.17. The molecule has 0 radical (unpaired) electrons. The summed E-state index contributed by atoms with van der Waals surface area (Å²) >= 11 is 0. The highest BCUT2D eigenvalue weighted by atomic mass is 15.1. The van der Waals surface area contributed by atoms with Crippen LogP contribution < -0.4 is 5.32 Å². The third-order valence-corrected chi connectivity index (χ3v) is 3.27.